The molecule has 0 heterocycles. The highest BCUT2D eigenvalue weighted by Crippen LogP contribution is 1.95. The summed E-state index contributed by atoms with van der Waals surface area (Å²) < 4.78 is 0. The van der Waals surface area contributed by atoms with Crippen LogP contribution in [0.15, 0.2) is 42.5 Å². The van der Waals surface area contributed by atoms with Crippen LogP contribution in [0.3, 0.4) is 0 Å². The largest absolute Gasteiger partial charge is 0.339 e. The second-order valence-electron chi connectivity index (χ2n) is 3.83. The van der Waals surface area contributed by atoms with Crippen molar-refractivity contribution in [1.82, 2.24) is 0 Å². The Balaban J connectivity index is 2.04. The lowest BCUT2D eigenvalue weighted by molar-refractivity contribution is -0.662. The molecule has 1 nitrogen and oxygen atoms in total. The summed E-state index contributed by atoms with van der Waals surface area (Å²) in [5, 5.41) is 2.33. The van der Waals surface area contributed by atoms with E-state index in [9.17, 15) is 0 Å². The highest BCUT2D eigenvalue weighted by molar-refractivity contribution is 5.12. The van der Waals surface area contributed by atoms with Gasteiger partial charge in [-0.15, -0.1) is 0 Å². The Bertz CT molecular complexity index is 264. The van der Waals surface area contributed by atoms with E-state index in [0.29, 0.717) is 0 Å². The maximum atomic E-state index is 2.33. The van der Waals surface area contributed by atoms with E-state index < -0.39 is 0 Å². The quantitative estimate of drug-likeness (QED) is 0.519. The smallest absolute Gasteiger partial charge is 0.101 e. The summed E-state index contributed by atoms with van der Waals surface area (Å²) in [5.74, 6) is 0. The van der Waals surface area contributed by atoms with Crippen LogP contribution >= 0.6 is 0 Å². The Morgan fingerprint density at radius 1 is 1.13 bits per heavy atom. The Hall–Kier alpha value is -1.08. The van der Waals surface area contributed by atoms with E-state index in [1.165, 1.54) is 24.8 Å². The lowest BCUT2D eigenvalue weighted by atomic mass is 10.2. The minimum Gasteiger partial charge on any atom is -0.339 e. The number of unbranched alkanes of at least 4 members (excludes halogenated alkanes) is 2. The average molecular weight is 204 g/mol. The van der Waals surface area contributed by atoms with Crippen LogP contribution in [0.4, 0.5) is 0 Å². The van der Waals surface area contributed by atoms with Crippen LogP contribution in [-0.2, 0) is 6.54 Å². The van der Waals surface area contributed by atoms with E-state index in [1.807, 2.05) is 0 Å². The van der Waals surface area contributed by atoms with Crippen LogP contribution in [0.1, 0.15) is 31.7 Å². The van der Waals surface area contributed by atoms with E-state index in [0.717, 1.165) is 13.1 Å². The van der Waals surface area contributed by atoms with Gasteiger partial charge in [0, 0.05) is 5.56 Å². The van der Waals surface area contributed by atoms with E-state index in [4.69, 9.17) is 0 Å². The first-order chi connectivity index (χ1) is 7.43. The molecule has 0 fully saturated rings. The molecular weight excluding hydrogens is 182 g/mol. The van der Waals surface area contributed by atoms with Gasteiger partial charge < -0.3 is 5.32 Å². The third-order valence-corrected chi connectivity index (χ3v) is 2.42. The number of quaternary nitrogens is 1. The first-order valence-electron chi connectivity index (χ1n) is 5.94. The fourth-order valence-corrected chi connectivity index (χ4v) is 1.50. The number of benzene rings is 1. The third-order valence-electron chi connectivity index (χ3n) is 2.42. The van der Waals surface area contributed by atoms with Gasteiger partial charge in [-0.25, -0.2) is 0 Å². The first-order valence-corrected chi connectivity index (χ1v) is 5.94. The van der Waals surface area contributed by atoms with E-state index in [-0.39, 0.29) is 0 Å². The van der Waals surface area contributed by atoms with Gasteiger partial charge >= 0.3 is 0 Å². The number of rotatable bonds is 7. The molecule has 0 unspecified atom stereocenters. The standard InChI is InChI=1S/C14H21N/c1-2-3-4-5-9-12-15-13-14-10-7-6-8-11-14/h5-11,15H,2-4,12-13H2,1H3/p+1. The molecule has 1 rings (SSSR count). The van der Waals surface area contributed by atoms with E-state index in [1.54, 1.807) is 0 Å². The van der Waals surface area contributed by atoms with Gasteiger partial charge in [0.25, 0.3) is 0 Å². The average Bonchev–Trinajstić information content (AvgIpc) is 2.29. The van der Waals surface area contributed by atoms with E-state index >= 15 is 0 Å². The van der Waals surface area contributed by atoms with Gasteiger partial charge in [0.2, 0.25) is 0 Å². The normalized spacial score (nSPS) is 11.0. The lowest BCUT2D eigenvalue weighted by Crippen LogP contribution is -2.82. The molecule has 0 aliphatic carbocycles. The summed E-state index contributed by atoms with van der Waals surface area (Å²) in [5.41, 5.74) is 1.40. The minimum absolute atomic E-state index is 1.08. The molecule has 0 amide bonds. The van der Waals surface area contributed by atoms with Crippen molar-refractivity contribution in [2.24, 2.45) is 0 Å². The molecule has 0 saturated carbocycles. The van der Waals surface area contributed by atoms with Gasteiger partial charge in [-0.2, -0.15) is 0 Å². The fraction of sp³-hybridized carbons (Fsp3) is 0.429. The van der Waals surface area contributed by atoms with Crippen molar-refractivity contribution in [1.29, 1.82) is 0 Å². The molecule has 0 bridgehead atoms. The van der Waals surface area contributed by atoms with Crippen molar-refractivity contribution in [3.8, 4) is 0 Å². The second kappa shape index (κ2) is 8.25. The number of hydrogen-bond donors (Lipinski definition) is 1. The van der Waals surface area contributed by atoms with Crippen LogP contribution in [0, 0.1) is 0 Å². The summed E-state index contributed by atoms with van der Waals surface area (Å²) in [7, 11) is 0. The maximum Gasteiger partial charge on any atom is 0.101 e. The molecule has 2 N–H and O–H groups in total. The van der Waals surface area contributed by atoms with Gasteiger partial charge in [-0.1, -0.05) is 56.2 Å². The Morgan fingerprint density at radius 3 is 2.67 bits per heavy atom. The molecule has 1 aromatic rings. The monoisotopic (exact) mass is 204 g/mol. The Labute approximate surface area is 93.2 Å². The molecule has 0 saturated heterocycles. The Morgan fingerprint density at radius 2 is 1.93 bits per heavy atom. The zero-order chi connectivity index (χ0) is 10.8. The van der Waals surface area contributed by atoms with Gasteiger partial charge in [0.05, 0.1) is 6.54 Å². The Kier molecular flexibility index (Phi) is 6.59. The van der Waals surface area contributed by atoms with Crippen LogP contribution in [-0.4, -0.2) is 6.54 Å². The van der Waals surface area contributed by atoms with Gasteiger partial charge in [0.1, 0.15) is 6.54 Å². The number of hydrogen-bond acceptors (Lipinski definition) is 0. The zero-order valence-corrected chi connectivity index (χ0v) is 9.65. The van der Waals surface area contributed by atoms with Crippen molar-refractivity contribution in [2.75, 3.05) is 6.54 Å². The van der Waals surface area contributed by atoms with Crippen LogP contribution in [0.25, 0.3) is 0 Å². The maximum absolute atomic E-state index is 2.33. The summed E-state index contributed by atoms with van der Waals surface area (Å²) in [6.45, 7) is 4.41. The van der Waals surface area contributed by atoms with Gasteiger partial charge in [-0.05, 0) is 12.5 Å². The summed E-state index contributed by atoms with van der Waals surface area (Å²) in [6.07, 6.45) is 8.41. The van der Waals surface area contributed by atoms with Crippen LogP contribution < -0.4 is 5.32 Å². The highest BCUT2D eigenvalue weighted by atomic mass is 14.8. The van der Waals surface area contributed by atoms with Crippen molar-refractivity contribution < 1.29 is 5.32 Å². The molecule has 15 heavy (non-hydrogen) atoms. The molecule has 1 heteroatoms. The van der Waals surface area contributed by atoms with Crippen LogP contribution in [0.5, 0.6) is 0 Å². The molecule has 0 aliphatic heterocycles. The van der Waals surface area contributed by atoms with Crippen LogP contribution in [0.2, 0.25) is 0 Å². The summed E-state index contributed by atoms with van der Waals surface area (Å²) >= 11 is 0. The molecule has 0 aromatic heterocycles. The number of allylic oxidation sites excluding steroid dienone is 1. The van der Waals surface area contributed by atoms with E-state index in [2.05, 4.69) is 54.7 Å². The highest BCUT2D eigenvalue weighted by Gasteiger charge is 1.90. The molecule has 0 atom stereocenters. The van der Waals surface area contributed by atoms with Crippen molar-refractivity contribution in [3.63, 3.8) is 0 Å². The molecular formula is C14H22N+. The molecule has 0 radical (unpaired) electrons. The lowest BCUT2D eigenvalue weighted by Gasteiger charge is -1.98. The fourth-order valence-electron chi connectivity index (χ4n) is 1.50. The first kappa shape index (κ1) is 12.0. The van der Waals surface area contributed by atoms with Gasteiger partial charge in [-0.3, -0.25) is 0 Å². The summed E-state index contributed by atoms with van der Waals surface area (Å²) in [4.78, 5) is 0. The second-order valence-corrected chi connectivity index (χ2v) is 3.83. The minimum atomic E-state index is 1.08. The topological polar surface area (TPSA) is 16.6 Å². The molecule has 0 spiro atoms. The zero-order valence-electron chi connectivity index (χ0n) is 9.65. The van der Waals surface area contributed by atoms with Crippen molar-refractivity contribution in [2.45, 2.75) is 32.7 Å². The molecule has 82 valence electrons. The number of nitrogens with two attached hydrogens (primary N) is 1. The third kappa shape index (κ3) is 6.08. The summed E-state index contributed by atoms with van der Waals surface area (Å²) in [6, 6.07) is 10.6. The van der Waals surface area contributed by atoms with Crippen molar-refractivity contribution >= 4 is 0 Å². The van der Waals surface area contributed by atoms with Crippen molar-refractivity contribution in [3.05, 3.63) is 48.0 Å². The molecule has 1 aromatic carbocycles. The predicted octanol–water partition coefficient (Wildman–Crippen LogP) is 2.50. The molecule has 0 aliphatic rings. The predicted molar refractivity (Wildman–Crippen MR) is 65.6 cm³/mol. The van der Waals surface area contributed by atoms with Gasteiger partial charge in [0.15, 0.2) is 0 Å². The SMILES string of the molecule is CCCCC=CC[NH2+]Cc1ccccc1.